The first-order valence-corrected chi connectivity index (χ1v) is 7.26. The van der Waals surface area contributed by atoms with Crippen LogP contribution in [0.1, 0.15) is 83.5 Å². The van der Waals surface area contributed by atoms with Crippen molar-refractivity contribution in [3.8, 4) is 0 Å². The van der Waals surface area contributed by atoms with Crippen molar-refractivity contribution in [1.82, 2.24) is 0 Å². The highest BCUT2D eigenvalue weighted by Gasteiger charge is 1.98. The quantitative estimate of drug-likeness (QED) is 0.424. The van der Waals surface area contributed by atoms with Crippen LogP contribution < -0.4 is 0 Å². The second-order valence-electron chi connectivity index (χ2n) is 4.86. The normalized spacial score (nSPS) is 10.6. The van der Waals surface area contributed by atoms with E-state index >= 15 is 0 Å². The van der Waals surface area contributed by atoms with Crippen LogP contribution >= 0.6 is 0 Å². The Morgan fingerprint density at radius 3 is 1.35 bits per heavy atom. The standard InChI is InChI=1S/C15H28O2/c1-2-3-4-5-6-7-8-9-10-11-12-13-14-15(16)17/h1-14H2. The lowest BCUT2D eigenvalue weighted by atomic mass is 10.0. The van der Waals surface area contributed by atoms with E-state index in [0.29, 0.717) is 0 Å². The average molecular weight is 240 g/mol. The molecule has 0 aliphatic rings. The lowest BCUT2D eigenvalue weighted by Crippen LogP contribution is -1.91. The first-order chi connectivity index (χ1) is 8.27. The summed E-state index contributed by atoms with van der Waals surface area (Å²) in [4.78, 5) is 10.2. The van der Waals surface area contributed by atoms with Gasteiger partial charge in [0, 0.05) is 0 Å². The van der Waals surface area contributed by atoms with Crippen LogP contribution in [0.25, 0.3) is 0 Å². The van der Waals surface area contributed by atoms with E-state index in [9.17, 15) is 9.90 Å². The molecule has 0 N–H and O–H groups in total. The van der Waals surface area contributed by atoms with Gasteiger partial charge in [0.25, 0.3) is 0 Å². The summed E-state index contributed by atoms with van der Waals surface area (Å²) in [5, 5.41) is 10.2. The van der Waals surface area contributed by atoms with Crippen LogP contribution in [0.2, 0.25) is 0 Å². The van der Waals surface area contributed by atoms with E-state index in [1.54, 1.807) is 0 Å². The van der Waals surface area contributed by atoms with Crippen molar-refractivity contribution in [1.29, 1.82) is 0 Å². The van der Waals surface area contributed by atoms with Gasteiger partial charge >= 0.3 is 5.97 Å². The minimum Gasteiger partial charge on any atom is -0.247 e. The van der Waals surface area contributed by atoms with Crippen LogP contribution in [0.4, 0.5) is 0 Å². The second-order valence-corrected chi connectivity index (χ2v) is 4.86. The molecule has 17 heavy (non-hydrogen) atoms. The lowest BCUT2D eigenvalue weighted by molar-refractivity contribution is -0.143. The van der Waals surface area contributed by atoms with Crippen LogP contribution in [0, 0.1) is 6.92 Å². The molecule has 2 radical (unpaired) electrons. The lowest BCUT2D eigenvalue weighted by Gasteiger charge is -2.01. The topological polar surface area (TPSA) is 37.0 Å². The molecule has 0 bridgehead atoms. The van der Waals surface area contributed by atoms with Gasteiger partial charge in [-0.2, -0.15) is 0 Å². The van der Waals surface area contributed by atoms with Crippen molar-refractivity contribution in [2.45, 2.75) is 83.5 Å². The molecule has 100 valence electrons. The molecule has 0 rings (SSSR count). The number of carbonyl (C=O) groups is 1. The molecule has 0 aliphatic heterocycles. The van der Waals surface area contributed by atoms with E-state index in [1.165, 1.54) is 57.8 Å². The molecule has 0 amide bonds. The fraction of sp³-hybridized carbons (Fsp3) is 0.867. The Labute approximate surface area is 107 Å². The molecule has 0 aliphatic carbocycles. The molecule has 0 spiro atoms. The van der Waals surface area contributed by atoms with Crippen LogP contribution in [0.5, 0.6) is 0 Å². The highest BCUT2D eigenvalue weighted by Crippen LogP contribution is 2.12. The van der Waals surface area contributed by atoms with E-state index < -0.39 is 5.97 Å². The molecule has 0 aromatic carbocycles. The van der Waals surface area contributed by atoms with Crippen molar-refractivity contribution < 1.29 is 9.90 Å². The Morgan fingerprint density at radius 1 is 0.647 bits per heavy atom. The average Bonchev–Trinajstić information content (AvgIpc) is 2.30. The zero-order chi connectivity index (χ0) is 12.8. The Morgan fingerprint density at radius 2 is 1.00 bits per heavy atom. The monoisotopic (exact) mass is 240 g/mol. The Hall–Kier alpha value is -0.530. The number of carbonyl (C=O) groups excluding carboxylic acids is 1. The van der Waals surface area contributed by atoms with E-state index in [4.69, 9.17) is 0 Å². The third-order valence-corrected chi connectivity index (χ3v) is 3.13. The largest absolute Gasteiger partial charge is 0.355 e. The summed E-state index contributed by atoms with van der Waals surface area (Å²) in [5.74, 6) is -0.910. The number of hydrogen-bond donors (Lipinski definition) is 0. The molecular weight excluding hydrogens is 212 g/mol. The van der Waals surface area contributed by atoms with Gasteiger partial charge in [0.05, 0.1) is 6.42 Å². The summed E-state index contributed by atoms with van der Waals surface area (Å²) in [7, 11) is 0. The zero-order valence-corrected chi connectivity index (χ0v) is 11.2. The van der Waals surface area contributed by atoms with Crippen molar-refractivity contribution >= 4 is 5.97 Å². The van der Waals surface area contributed by atoms with Gasteiger partial charge in [0.1, 0.15) is 0 Å². The molecule has 2 nitrogen and oxygen atoms in total. The molecule has 0 atom stereocenters. The van der Waals surface area contributed by atoms with Crippen molar-refractivity contribution in [2.24, 2.45) is 0 Å². The molecule has 0 heterocycles. The van der Waals surface area contributed by atoms with Gasteiger partial charge in [-0.1, -0.05) is 77.6 Å². The third kappa shape index (κ3) is 15.5. The predicted molar refractivity (Wildman–Crippen MR) is 71.1 cm³/mol. The Bertz CT molecular complexity index is 166. The van der Waals surface area contributed by atoms with E-state index in [2.05, 4.69) is 6.92 Å². The van der Waals surface area contributed by atoms with Crippen LogP contribution in [-0.4, -0.2) is 5.97 Å². The Balaban J connectivity index is 2.91. The summed E-state index contributed by atoms with van der Waals surface area (Å²) < 4.78 is 0. The Kier molecular flexibility index (Phi) is 13.1. The molecule has 0 aromatic rings. The maximum atomic E-state index is 10.2. The minimum atomic E-state index is -0.910. The van der Waals surface area contributed by atoms with Crippen LogP contribution in [0.3, 0.4) is 0 Å². The third-order valence-electron chi connectivity index (χ3n) is 3.13. The highest BCUT2D eigenvalue weighted by atomic mass is 16.4. The van der Waals surface area contributed by atoms with Gasteiger partial charge in [-0.15, -0.1) is 0 Å². The second kappa shape index (κ2) is 13.5. The van der Waals surface area contributed by atoms with Crippen LogP contribution in [0.15, 0.2) is 0 Å². The summed E-state index contributed by atoms with van der Waals surface area (Å²) in [6, 6.07) is 0. The molecule has 0 aromatic heterocycles. The molecule has 0 unspecified atom stereocenters. The van der Waals surface area contributed by atoms with Gasteiger partial charge in [-0.3, -0.25) is 0 Å². The predicted octanol–water partition coefficient (Wildman–Crippen LogP) is 4.85. The van der Waals surface area contributed by atoms with Crippen molar-refractivity contribution in [2.75, 3.05) is 0 Å². The van der Waals surface area contributed by atoms with Crippen LogP contribution in [-0.2, 0) is 9.90 Å². The van der Waals surface area contributed by atoms with Gasteiger partial charge in [-0.25, -0.2) is 9.90 Å². The molecule has 0 fully saturated rings. The fourth-order valence-corrected chi connectivity index (χ4v) is 2.04. The molecule has 0 saturated heterocycles. The summed E-state index contributed by atoms with van der Waals surface area (Å²) >= 11 is 0. The van der Waals surface area contributed by atoms with Gasteiger partial charge < -0.3 is 0 Å². The molecule has 2 heteroatoms. The highest BCUT2D eigenvalue weighted by molar-refractivity contribution is 5.66. The maximum absolute atomic E-state index is 10.2. The minimum absolute atomic E-state index is 0.228. The van der Waals surface area contributed by atoms with Gasteiger partial charge in [0.2, 0.25) is 0 Å². The summed E-state index contributed by atoms with van der Waals surface area (Å²) in [6.07, 6.45) is 14.9. The fourth-order valence-electron chi connectivity index (χ4n) is 2.04. The van der Waals surface area contributed by atoms with E-state index in [0.717, 1.165) is 19.3 Å². The summed E-state index contributed by atoms with van der Waals surface area (Å²) in [6.45, 7) is 3.84. The van der Waals surface area contributed by atoms with Gasteiger partial charge in [0.15, 0.2) is 0 Å². The maximum Gasteiger partial charge on any atom is 0.355 e. The molecular formula is C15H28O2. The van der Waals surface area contributed by atoms with Crippen molar-refractivity contribution in [3.05, 3.63) is 6.92 Å². The number of rotatable bonds is 13. The SMILES string of the molecule is [CH2]CCCCCCCCCCCCCC([O])=O. The van der Waals surface area contributed by atoms with E-state index in [-0.39, 0.29) is 6.42 Å². The number of hydrogen-bond acceptors (Lipinski definition) is 1. The van der Waals surface area contributed by atoms with Gasteiger partial charge in [-0.05, 0) is 6.42 Å². The molecule has 0 saturated carbocycles. The summed E-state index contributed by atoms with van der Waals surface area (Å²) in [5.41, 5.74) is 0. The number of unbranched alkanes of at least 4 members (excludes halogenated alkanes) is 11. The zero-order valence-electron chi connectivity index (χ0n) is 11.2. The first kappa shape index (κ1) is 16.5. The smallest absolute Gasteiger partial charge is 0.247 e. The van der Waals surface area contributed by atoms with Crippen molar-refractivity contribution in [3.63, 3.8) is 0 Å². The van der Waals surface area contributed by atoms with E-state index in [1.807, 2.05) is 0 Å². The first-order valence-electron chi connectivity index (χ1n) is 7.26.